The Morgan fingerprint density at radius 2 is 1.07 bits per heavy atom. The number of nitriles is 2. The van der Waals surface area contributed by atoms with E-state index in [1.54, 1.807) is 12.1 Å². The van der Waals surface area contributed by atoms with Crippen molar-refractivity contribution in [3.63, 3.8) is 0 Å². The van der Waals surface area contributed by atoms with Crippen molar-refractivity contribution in [3.8, 4) is 12.1 Å². The highest BCUT2D eigenvalue weighted by atomic mass is 15.1. The molecule has 0 aromatic heterocycles. The van der Waals surface area contributed by atoms with Crippen LogP contribution in [-0.4, -0.2) is 27.2 Å². The minimum Gasteiger partial charge on any atom is -0.375 e. The summed E-state index contributed by atoms with van der Waals surface area (Å²) in [6.07, 6.45) is 10.1. The predicted octanol–water partition coefficient (Wildman–Crippen LogP) is 9.13. The fourth-order valence-electron chi connectivity index (χ4n) is 4.20. The summed E-state index contributed by atoms with van der Waals surface area (Å²) in [6.45, 7) is 12.7. The maximum Gasteiger partial charge on any atom is 0.0998 e. The molecule has 0 N–H and O–H groups in total. The second-order valence-electron chi connectivity index (χ2n) is 10.1. The molecule has 4 heteroatoms. The summed E-state index contributed by atoms with van der Waals surface area (Å²) in [6, 6.07) is 24.9. The summed E-state index contributed by atoms with van der Waals surface area (Å²) in [4.78, 5) is 4.50. The molecule has 0 saturated heterocycles. The minimum atomic E-state index is 0.543. The molecular weight excluding hydrogens is 488 g/mol. The molecule has 3 aromatic carbocycles. The van der Waals surface area contributed by atoms with Crippen LogP contribution in [0.1, 0.15) is 80.8 Å². The van der Waals surface area contributed by atoms with Crippen LogP contribution in [0.4, 0.5) is 11.4 Å². The Morgan fingerprint density at radius 1 is 0.675 bits per heavy atom. The maximum atomic E-state index is 9.80. The molecular formula is C36H44N4. The van der Waals surface area contributed by atoms with Gasteiger partial charge in [0, 0.05) is 38.6 Å². The first-order valence-corrected chi connectivity index (χ1v) is 14.3. The van der Waals surface area contributed by atoms with Gasteiger partial charge in [0.2, 0.25) is 0 Å². The fraction of sp³-hybridized carbons (Fsp3) is 0.333. The molecule has 0 saturated carbocycles. The highest BCUT2D eigenvalue weighted by molar-refractivity contribution is 5.79. The average Bonchev–Trinajstić information content (AvgIpc) is 2.99. The smallest absolute Gasteiger partial charge is 0.0998 e. The average molecular weight is 533 g/mol. The molecule has 0 aliphatic rings. The van der Waals surface area contributed by atoms with Gasteiger partial charge in [-0.05, 0) is 77.4 Å². The molecule has 0 bridgehead atoms. The Balaban J connectivity index is 0.00000274. The van der Waals surface area contributed by atoms with Crippen molar-refractivity contribution in [3.05, 3.63) is 94.0 Å². The van der Waals surface area contributed by atoms with Gasteiger partial charge in [0.1, 0.15) is 0 Å². The van der Waals surface area contributed by atoms with E-state index in [1.807, 2.05) is 38.2 Å². The van der Waals surface area contributed by atoms with E-state index in [4.69, 9.17) is 0 Å². The highest BCUT2D eigenvalue weighted by Crippen LogP contribution is 2.23. The zero-order chi connectivity index (χ0) is 29.5. The van der Waals surface area contributed by atoms with E-state index < -0.39 is 0 Å². The molecule has 0 amide bonds. The van der Waals surface area contributed by atoms with Gasteiger partial charge in [-0.1, -0.05) is 83.2 Å². The van der Waals surface area contributed by atoms with Crippen LogP contribution in [-0.2, 0) is 0 Å². The molecule has 3 aromatic rings. The molecule has 208 valence electrons. The number of hydrogen-bond acceptors (Lipinski definition) is 4. The molecule has 0 fully saturated rings. The molecule has 0 atom stereocenters. The third kappa shape index (κ3) is 9.48. The Bertz CT molecular complexity index is 1330. The first-order chi connectivity index (χ1) is 19.3. The SMILES string of the molecule is CC.CCCN(C)c1ccc(/C=C/c2cc(C#N)c(/C=C/c3ccc(N(C)CCC(C)C)cc3)cc2C#N)cc1. The third-order valence-corrected chi connectivity index (χ3v) is 6.64. The van der Waals surface area contributed by atoms with E-state index >= 15 is 0 Å². The van der Waals surface area contributed by atoms with Crippen LogP contribution >= 0.6 is 0 Å². The van der Waals surface area contributed by atoms with Gasteiger partial charge in [-0.2, -0.15) is 10.5 Å². The van der Waals surface area contributed by atoms with Gasteiger partial charge < -0.3 is 9.80 Å². The highest BCUT2D eigenvalue weighted by Gasteiger charge is 2.07. The lowest BCUT2D eigenvalue weighted by molar-refractivity contribution is 0.585. The molecule has 3 rings (SSSR count). The minimum absolute atomic E-state index is 0.543. The monoisotopic (exact) mass is 532 g/mol. The third-order valence-electron chi connectivity index (χ3n) is 6.64. The van der Waals surface area contributed by atoms with Gasteiger partial charge in [-0.3, -0.25) is 0 Å². The first-order valence-electron chi connectivity index (χ1n) is 14.3. The Morgan fingerprint density at radius 3 is 1.43 bits per heavy atom. The van der Waals surface area contributed by atoms with Crippen LogP contribution in [0.3, 0.4) is 0 Å². The maximum absolute atomic E-state index is 9.80. The van der Waals surface area contributed by atoms with Crippen LogP contribution in [0.5, 0.6) is 0 Å². The van der Waals surface area contributed by atoms with Gasteiger partial charge in [0.05, 0.1) is 23.3 Å². The van der Waals surface area contributed by atoms with E-state index in [1.165, 1.54) is 11.4 Å². The molecule has 0 unspecified atom stereocenters. The van der Waals surface area contributed by atoms with Crippen LogP contribution in [0, 0.1) is 28.6 Å². The second-order valence-corrected chi connectivity index (χ2v) is 10.1. The largest absolute Gasteiger partial charge is 0.375 e. The quantitative estimate of drug-likeness (QED) is 0.231. The van der Waals surface area contributed by atoms with E-state index in [2.05, 4.69) is 105 Å². The normalized spacial score (nSPS) is 10.8. The lowest BCUT2D eigenvalue weighted by Crippen LogP contribution is -2.19. The number of anilines is 2. The van der Waals surface area contributed by atoms with Gasteiger partial charge in [0.25, 0.3) is 0 Å². The molecule has 0 heterocycles. The predicted molar refractivity (Wildman–Crippen MR) is 174 cm³/mol. The van der Waals surface area contributed by atoms with Crippen molar-refractivity contribution in [1.29, 1.82) is 10.5 Å². The van der Waals surface area contributed by atoms with Crippen molar-refractivity contribution in [1.82, 2.24) is 0 Å². The van der Waals surface area contributed by atoms with Crippen molar-refractivity contribution >= 4 is 35.7 Å². The first kappa shape index (κ1) is 31.9. The summed E-state index contributed by atoms with van der Waals surface area (Å²) < 4.78 is 0. The molecule has 0 aliphatic carbocycles. The Hall–Kier alpha value is -4.28. The molecule has 0 radical (unpaired) electrons. The lowest BCUT2D eigenvalue weighted by atomic mass is 9.97. The van der Waals surface area contributed by atoms with Crippen LogP contribution in [0.25, 0.3) is 24.3 Å². The molecule has 0 aliphatic heterocycles. The number of rotatable bonds is 11. The lowest BCUT2D eigenvalue weighted by Gasteiger charge is -2.20. The van der Waals surface area contributed by atoms with Crippen LogP contribution < -0.4 is 9.80 Å². The van der Waals surface area contributed by atoms with E-state index in [9.17, 15) is 10.5 Å². The molecule has 4 nitrogen and oxygen atoms in total. The Kier molecular flexibility index (Phi) is 13.3. The zero-order valence-corrected chi connectivity index (χ0v) is 25.3. The van der Waals surface area contributed by atoms with E-state index in [0.717, 1.165) is 48.2 Å². The van der Waals surface area contributed by atoms with Crippen LogP contribution in [0.15, 0.2) is 60.7 Å². The van der Waals surface area contributed by atoms with Crippen molar-refractivity contribution in [2.24, 2.45) is 5.92 Å². The number of nitrogens with zero attached hydrogens (tertiary/aromatic N) is 4. The summed E-state index contributed by atoms with van der Waals surface area (Å²) in [5.41, 5.74) is 7.02. The van der Waals surface area contributed by atoms with Gasteiger partial charge in [-0.15, -0.1) is 0 Å². The fourth-order valence-corrected chi connectivity index (χ4v) is 4.20. The molecule has 40 heavy (non-hydrogen) atoms. The molecule has 0 spiro atoms. The summed E-state index contributed by atoms with van der Waals surface area (Å²) >= 11 is 0. The Labute approximate surface area is 242 Å². The zero-order valence-electron chi connectivity index (χ0n) is 25.3. The van der Waals surface area contributed by atoms with Crippen molar-refractivity contribution < 1.29 is 0 Å². The number of hydrogen-bond donors (Lipinski definition) is 0. The second kappa shape index (κ2) is 16.6. The van der Waals surface area contributed by atoms with Crippen molar-refractivity contribution in [2.75, 3.05) is 37.0 Å². The van der Waals surface area contributed by atoms with Gasteiger partial charge in [0.15, 0.2) is 0 Å². The van der Waals surface area contributed by atoms with Crippen LogP contribution in [0.2, 0.25) is 0 Å². The number of benzene rings is 3. The summed E-state index contributed by atoms with van der Waals surface area (Å²) in [5.74, 6) is 0.679. The topological polar surface area (TPSA) is 54.1 Å². The van der Waals surface area contributed by atoms with Gasteiger partial charge >= 0.3 is 0 Å². The van der Waals surface area contributed by atoms with Gasteiger partial charge in [-0.25, -0.2) is 0 Å². The standard InChI is InChI=1S/C34H38N4.C2H6/c1-6-20-37(4)33-15-9-27(10-16-33)7-13-29-22-32(25-36)30(23-31(29)24-35)14-8-28-11-17-34(18-12-28)38(5)21-19-26(2)3;1-2/h7-18,22-23,26H,6,19-21H2,1-5H3;1-2H3/b13-7+,14-8+;. The van der Waals surface area contributed by atoms with E-state index in [0.29, 0.717) is 17.0 Å². The van der Waals surface area contributed by atoms with E-state index in [-0.39, 0.29) is 0 Å². The summed E-state index contributed by atoms with van der Waals surface area (Å²) in [5, 5.41) is 19.6. The van der Waals surface area contributed by atoms with Crippen molar-refractivity contribution in [2.45, 2.75) is 47.5 Å². The summed E-state index contributed by atoms with van der Waals surface area (Å²) in [7, 11) is 4.21.